The first kappa shape index (κ1) is 28.3. The lowest BCUT2D eigenvalue weighted by Crippen LogP contribution is -2.40. The van der Waals surface area contributed by atoms with Crippen LogP contribution in [0.1, 0.15) is 31.1 Å². The molecule has 0 spiro atoms. The van der Waals surface area contributed by atoms with Crippen LogP contribution < -0.4 is 15.4 Å². The van der Waals surface area contributed by atoms with Gasteiger partial charge in [0.2, 0.25) is 15.9 Å². The number of benzene rings is 2. The standard InChI is InChI=1S/C21H21BrF3N3O6S/c1-10(2)28-35(32,33)12-4-5-14(22)13(8-12)21(31)34-11(3)20(30)26-9-17(29)27-16-7-6-15(23)18(24)19(16)25/h4-8,10-11,28H,9H2,1-3H3,(H,26,30)(H,27,29)/t11-/m0/s1. The molecule has 2 aromatic rings. The number of carbonyl (C=O) groups is 3. The molecule has 0 aliphatic carbocycles. The molecule has 2 amide bonds. The second kappa shape index (κ2) is 11.6. The number of rotatable bonds is 9. The molecule has 0 bridgehead atoms. The van der Waals surface area contributed by atoms with Gasteiger partial charge in [0, 0.05) is 10.5 Å². The Morgan fingerprint density at radius 2 is 1.69 bits per heavy atom. The zero-order valence-electron chi connectivity index (χ0n) is 18.6. The summed E-state index contributed by atoms with van der Waals surface area (Å²) in [6, 6.07) is 4.71. The van der Waals surface area contributed by atoms with Gasteiger partial charge >= 0.3 is 5.97 Å². The molecule has 0 heterocycles. The molecule has 0 radical (unpaired) electrons. The summed E-state index contributed by atoms with van der Waals surface area (Å²) in [5.41, 5.74) is -0.794. The Morgan fingerprint density at radius 3 is 2.31 bits per heavy atom. The van der Waals surface area contributed by atoms with Crippen molar-refractivity contribution in [2.24, 2.45) is 0 Å². The van der Waals surface area contributed by atoms with Crippen LogP contribution in [0.25, 0.3) is 0 Å². The Kier molecular flexibility index (Phi) is 9.40. The van der Waals surface area contributed by atoms with Gasteiger partial charge in [0.1, 0.15) is 0 Å². The van der Waals surface area contributed by atoms with Gasteiger partial charge < -0.3 is 15.4 Å². The van der Waals surface area contributed by atoms with Gasteiger partial charge in [0.05, 0.1) is 22.7 Å². The number of sulfonamides is 1. The van der Waals surface area contributed by atoms with E-state index in [0.717, 1.165) is 12.1 Å². The van der Waals surface area contributed by atoms with Crippen molar-refractivity contribution in [2.45, 2.75) is 37.8 Å². The topological polar surface area (TPSA) is 131 Å². The zero-order valence-corrected chi connectivity index (χ0v) is 21.0. The van der Waals surface area contributed by atoms with Crippen LogP contribution >= 0.6 is 15.9 Å². The van der Waals surface area contributed by atoms with Crippen molar-refractivity contribution in [2.75, 3.05) is 11.9 Å². The Morgan fingerprint density at radius 1 is 1.03 bits per heavy atom. The fourth-order valence-electron chi connectivity index (χ4n) is 2.61. The van der Waals surface area contributed by atoms with Gasteiger partial charge in [-0.3, -0.25) is 9.59 Å². The summed E-state index contributed by atoms with van der Waals surface area (Å²) < 4.78 is 72.2. The van der Waals surface area contributed by atoms with Crippen molar-refractivity contribution in [3.63, 3.8) is 0 Å². The molecule has 190 valence electrons. The number of hydrogen-bond acceptors (Lipinski definition) is 6. The van der Waals surface area contributed by atoms with Gasteiger partial charge in [-0.2, -0.15) is 0 Å². The highest BCUT2D eigenvalue weighted by atomic mass is 79.9. The first-order valence-corrected chi connectivity index (χ1v) is 12.2. The van der Waals surface area contributed by atoms with Gasteiger partial charge in [0.25, 0.3) is 5.91 Å². The number of nitrogens with one attached hydrogen (secondary N) is 3. The van der Waals surface area contributed by atoms with Gasteiger partial charge in [-0.1, -0.05) is 0 Å². The maximum absolute atomic E-state index is 13.6. The molecule has 9 nitrogen and oxygen atoms in total. The van der Waals surface area contributed by atoms with Gasteiger partial charge in [-0.15, -0.1) is 0 Å². The van der Waals surface area contributed by atoms with Crippen molar-refractivity contribution in [3.8, 4) is 0 Å². The van der Waals surface area contributed by atoms with E-state index < -0.39 is 69.6 Å². The molecule has 1 atom stereocenters. The lowest BCUT2D eigenvalue weighted by molar-refractivity contribution is -0.130. The quantitative estimate of drug-likeness (QED) is 0.309. The van der Waals surface area contributed by atoms with Crippen molar-refractivity contribution in [1.29, 1.82) is 0 Å². The van der Waals surface area contributed by atoms with E-state index in [0.29, 0.717) is 6.07 Å². The first-order chi connectivity index (χ1) is 16.2. The average molecular weight is 580 g/mol. The minimum Gasteiger partial charge on any atom is -0.449 e. The van der Waals surface area contributed by atoms with E-state index in [9.17, 15) is 36.0 Å². The number of halogens is 4. The molecule has 0 aromatic heterocycles. The second-order valence-electron chi connectivity index (χ2n) is 7.45. The molecule has 2 rings (SSSR count). The normalized spacial score (nSPS) is 12.2. The van der Waals surface area contributed by atoms with E-state index >= 15 is 0 Å². The van der Waals surface area contributed by atoms with Crippen molar-refractivity contribution in [3.05, 3.63) is 57.8 Å². The zero-order chi connectivity index (χ0) is 26.5. The maximum Gasteiger partial charge on any atom is 0.340 e. The largest absolute Gasteiger partial charge is 0.449 e. The van der Waals surface area contributed by atoms with Crippen LogP contribution in [0.5, 0.6) is 0 Å². The maximum atomic E-state index is 13.6. The lowest BCUT2D eigenvalue weighted by Gasteiger charge is -2.15. The Balaban J connectivity index is 2.00. The van der Waals surface area contributed by atoms with Crippen molar-refractivity contribution in [1.82, 2.24) is 10.0 Å². The monoisotopic (exact) mass is 579 g/mol. The number of hydrogen-bond donors (Lipinski definition) is 3. The van der Waals surface area contributed by atoms with Crippen LogP contribution in [-0.4, -0.2) is 44.9 Å². The van der Waals surface area contributed by atoms with Gasteiger partial charge in [-0.05, 0) is 67.0 Å². The number of carbonyl (C=O) groups excluding carboxylic acids is 3. The molecular weight excluding hydrogens is 559 g/mol. The van der Waals surface area contributed by atoms with Crippen LogP contribution in [0.2, 0.25) is 0 Å². The highest BCUT2D eigenvalue weighted by Gasteiger charge is 2.24. The second-order valence-corrected chi connectivity index (χ2v) is 10.0. The predicted octanol–water partition coefficient (Wildman–Crippen LogP) is 2.85. The molecule has 0 unspecified atom stereocenters. The summed E-state index contributed by atoms with van der Waals surface area (Å²) >= 11 is 3.12. The molecule has 0 saturated carbocycles. The Labute approximate surface area is 207 Å². The summed E-state index contributed by atoms with van der Waals surface area (Å²) in [7, 11) is -3.90. The molecule has 35 heavy (non-hydrogen) atoms. The molecule has 0 saturated heterocycles. The Hall–Kier alpha value is -2.97. The van der Waals surface area contributed by atoms with E-state index in [1.807, 2.05) is 5.32 Å². The predicted molar refractivity (Wildman–Crippen MR) is 122 cm³/mol. The fourth-order valence-corrected chi connectivity index (χ4v) is 4.30. The minimum atomic E-state index is -3.90. The molecule has 14 heteroatoms. The first-order valence-electron chi connectivity index (χ1n) is 9.96. The van der Waals surface area contributed by atoms with Crippen LogP contribution in [0.3, 0.4) is 0 Å². The minimum absolute atomic E-state index is 0.164. The molecule has 3 N–H and O–H groups in total. The molecule has 0 aliphatic heterocycles. The molecule has 2 aromatic carbocycles. The Bertz CT molecular complexity index is 1260. The summed E-state index contributed by atoms with van der Waals surface area (Å²) in [5.74, 6) is -7.69. The highest BCUT2D eigenvalue weighted by Crippen LogP contribution is 2.23. The third kappa shape index (κ3) is 7.50. The summed E-state index contributed by atoms with van der Waals surface area (Å²) in [6.07, 6.45) is -1.41. The van der Waals surface area contributed by atoms with Crippen molar-refractivity contribution >= 4 is 49.4 Å². The number of ether oxygens (including phenoxy) is 1. The highest BCUT2D eigenvalue weighted by molar-refractivity contribution is 9.10. The van der Waals surface area contributed by atoms with E-state index in [4.69, 9.17) is 4.74 Å². The average Bonchev–Trinajstić information content (AvgIpc) is 2.77. The van der Waals surface area contributed by atoms with E-state index in [1.54, 1.807) is 13.8 Å². The van der Waals surface area contributed by atoms with Crippen molar-refractivity contribution < 1.29 is 40.7 Å². The third-order valence-electron chi connectivity index (χ3n) is 4.24. The van der Waals surface area contributed by atoms with Crippen LogP contribution in [0.15, 0.2) is 39.7 Å². The third-order valence-corrected chi connectivity index (χ3v) is 6.59. The van der Waals surface area contributed by atoms with Crippen LogP contribution in [-0.2, 0) is 24.3 Å². The fraction of sp³-hybridized carbons (Fsp3) is 0.286. The van der Waals surface area contributed by atoms with E-state index in [1.165, 1.54) is 19.1 Å². The van der Waals surface area contributed by atoms with E-state index in [-0.39, 0.29) is 14.9 Å². The van der Waals surface area contributed by atoms with Crippen LogP contribution in [0, 0.1) is 17.5 Å². The van der Waals surface area contributed by atoms with E-state index in [2.05, 4.69) is 26.0 Å². The SMILES string of the molecule is CC(C)NS(=O)(=O)c1ccc(Br)c(C(=O)O[C@@H](C)C(=O)NCC(=O)Nc2ccc(F)c(F)c2F)c1. The summed E-state index contributed by atoms with van der Waals surface area (Å²) in [6.45, 7) is 3.76. The lowest BCUT2D eigenvalue weighted by atomic mass is 10.2. The summed E-state index contributed by atoms with van der Waals surface area (Å²) in [4.78, 5) is 36.4. The number of esters is 1. The molecule has 0 fully saturated rings. The van der Waals surface area contributed by atoms with Gasteiger partial charge in [0.15, 0.2) is 23.6 Å². The molecular formula is C21H21BrF3N3O6S. The van der Waals surface area contributed by atoms with Crippen LogP contribution in [0.4, 0.5) is 18.9 Å². The smallest absolute Gasteiger partial charge is 0.340 e. The number of anilines is 1. The summed E-state index contributed by atoms with van der Waals surface area (Å²) in [5, 5.41) is 4.11. The molecule has 0 aliphatic rings. The van der Waals surface area contributed by atoms with Gasteiger partial charge in [-0.25, -0.2) is 31.1 Å². The number of amides is 2.